The molecule has 102 valence electrons. The van der Waals surface area contributed by atoms with Gasteiger partial charge in [-0.25, -0.2) is 0 Å². The first-order valence-electron chi connectivity index (χ1n) is 7.33. The fraction of sp³-hybridized carbons (Fsp3) is 0.471. The molecule has 0 aliphatic carbocycles. The Morgan fingerprint density at radius 2 is 1.84 bits per heavy atom. The summed E-state index contributed by atoms with van der Waals surface area (Å²) < 4.78 is 0. The van der Waals surface area contributed by atoms with Gasteiger partial charge in [-0.15, -0.1) is 0 Å². The summed E-state index contributed by atoms with van der Waals surface area (Å²) in [4.78, 5) is 4.23. The second-order valence-electron chi connectivity index (χ2n) is 5.17. The van der Waals surface area contributed by atoms with E-state index in [1.54, 1.807) is 6.20 Å². The molecule has 0 saturated carbocycles. The summed E-state index contributed by atoms with van der Waals surface area (Å²) >= 11 is 0. The number of rotatable bonds is 7. The van der Waals surface area contributed by atoms with Crippen molar-refractivity contribution in [3.8, 4) is 0 Å². The molecule has 1 heterocycles. The number of pyridine rings is 1. The van der Waals surface area contributed by atoms with Crippen molar-refractivity contribution in [1.29, 1.82) is 0 Å². The molecule has 1 aromatic carbocycles. The smallest absolute Gasteiger partial charge is 0.0811 e. The van der Waals surface area contributed by atoms with Crippen LogP contribution in [0, 0.1) is 0 Å². The van der Waals surface area contributed by atoms with Gasteiger partial charge in [0.05, 0.1) is 6.10 Å². The molecule has 19 heavy (non-hydrogen) atoms. The van der Waals surface area contributed by atoms with Crippen molar-refractivity contribution in [2.75, 3.05) is 0 Å². The number of benzene rings is 1. The highest BCUT2D eigenvalue weighted by Crippen LogP contribution is 2.26. The lowest BCUT2D eigenvalue weighted by Gasteiger charge is -2.13. The van der Waals surface area contributed by atoms with E-state index in [0.717, 1.165) is 29.2 Å². The molecule has 0 amide bonds. The van der Waals surface area contributed by atoms with Crippen LogP contribution in [0.1, 0.15) is 57.1 Å². The third-order valence-electron chi connectivity index (χ3n) is 3.64. The van der Waals surface area contributed by atoms with Crippen molar-refractivity contribution in [3.63, 3.8) is 0 Å². The molecule has 2 aromatic rings. The van der Waals surface area contributed by atoms with Crippen molar-refractivity contribution >= 4 is 10.8 Å². The summed E-state index contributed by atoms with van der Waals surface area (Å²) in [7, 11) is 0. The van der Waals surface area contributed by atoms with Gasteiger partial charge in [-0.3, -0.25) is 4.98 Å². The van der Waals surface area contributed by atoms with Crippen LogP contribution in [0.3, 0.4) is 0 Å². The molecular weight excluding hydrogens is 234 g/mol. The number of hydrogen-bond donors (Lipinski definition) is 1. The van der Waals surface area contributed by atoms with E-state index in [1.807, 2.05) is 24.4 Å². The minimum absolute atomic E-state index is 0.389. The fourth-order valence-electron chi connectivity index (χ4n) is 2.50. The van der Waals surface area contributed by atoms with E-state index in [-0.39, 0.29) is 6.10 Å². The molecule has 2 nitrogen and oxygen atoms in total. The quantitative estimate of drug-likeness (QED) is 0.734. The lowest BCUT2D eigenvalue weighted by atomic mass is 9.99. The number of fused-ring (bicyclic) bond motifs is 1. The Labute approximate surface area is 115 Å². The molecule has 0 aliphatic heterocycles. The summed E-state index contributed by atoms with van der Waals surface area (Å²) in [6.07, 6.45) is 10.2. The van der Waals surface area contributed by atoms with Crippen LogP contribution in [-0.4, -0.2) is 10.1 Å². The van der Waals surface area contributed by atoms with Crippen LogP contribution in [0.5, 0.6) is 0 Å². The molecule has 0 spiro atoms. The van der Waals surface area contributed by atoms with Gasteiger partial charge < -0.3 is 5.11 Å². The molecule has 0 bridgehead atoms. The second kappa shape index (κ2) is 7.25. The highest BCUT2D eigenvalue weighted by Gasteiger charge is 2.11. The second-order valence-corrected chi connectivity index (χ2v) is 5.17. The van der Waals surface area contributed by atoms with Gasteiger partial charge in [0, 0.05) is 23.3 Å². The first-order chi connectivity index (χ1) is 9.33. The van der Waals surface area contributed by atoms with Crippen LogP contribution < -0.4 is 0 Å². The van der Waals surface area contributed by atoms with Crippen molar-refractivity contribution < 1.29 is 5.11 Å². The van der Waals surface area contributed by atoms with Crippen LogP contribution in [0.25, 0.3) is 10.8 Å². The molecular formula is C17H23NO. The molecule has 0 radical (unpaired) electrons. The molecule has 2 rings (SSSR count). The van der Waals surface area contributed by atoms with Crippen molar-refractivity contribution in [3.05, 3.63) is 42.2 Å². The average molecular weight is 257 g/mol. The first kappa shape index (κ1) is 14.0. The van der Waals surface area contributed by atoms with Gasteiger partial charge in [0.1, 0.15) is 0 Å². The Kier molecular flexibility index (Phi) is 5.34. The van der Waals surface area contributed by atoms with E-state index < -0.39 is 0 Å². The summed E-state index contributed by atoms with van der Waals surface area (Å²) in [5.41, 5.74) is 0.966. The van der Waals surface area contributed by atoms with Gasteiger partial charge in [0.15, 0.2) is 0 Å². The van der Waals surface area contributed by atoms with Crippen LogP contribution >= 0.6 is 0 Å². The number of aliphatic hydroxyl groups excluding tert-OH is 1. The predicted molar refractivity (Wildman–Crippen MR) is 80.1 cm³/mol. The first-order valence-corrected chi connectivity index (χ1v) is 7.33. The van der Waals surface area contributed by atoms with E-state index in [1.165, 1.54) is 25.7 Å². The van der Waals surface area contributed by atoms with Crippen molar-refractivity contribution in [2.24, 2.45) is 0 Å². The maximum Gasteiger partial charge on any atom is 0.0811 e. The van der Waals surface area contributed by atoms with Gasteiger partial charge in [-0.05, 0) is 11.8 Å². The lowest BCUT2D eigenvalue weighted by Crippen LogP contribution is -1.99. The summed E-state index contributed by atoms with van der Waals surface area (Å²) in [6, 6.07) is 8.12. The number of aromatic nitrogens is 1. The maximum absolute atomic E-state index is 10.3. The predicted octanol–water partition coefficient (Wildman–Crippen LogP) is 4.63. The Morgan fingerprint density at radius 3 is 2.68 bits per heavy atom. The Morgan fingerprint density at radius 1 is 1.05 bits per heavy atom. The molecule has 1 atom stereocenters. The summed E-state index contributed by atoms with van der Waals surface area (Å²) in [6.45, 7) is 2.22. The topological polar surface area (TPSA) is 33.1 Å². The van der Waals surface area contributed by atoms with Gasteiger partial charge in [-0.1, -0.05) is 63.3 Å². The zero-order valence-electron chi connectivity index (χ0n) is 11.7. The largest absolute Gasteiger partial charge is 0.388 e. The van der Waals surface area contributed by atoms with Crippen LogP contribution in [0.15, 0.2) is 36.7 Å². The molecule has 1 aromatic heterocycles. The van der Waals surface area contributed by atoms with Crippen LogP contribution in [0.4, 0.5) is 0 Å². The van der Waals surface area contributed by atoms with Crippen LogP contribution in [-0.2, 0) is 0 Å². The van der Waals surface area contributed by atoms with Crippen LogP contribution in [0.2, 0.25) is 0 Å². The van der Waals surface area contributed by atoms with E-state index >= 15 is 0 Å². The molecule has 1 N–H and O–H groups in total. The Balaban J connectivity index is 1.99. The molecule has 2 heteroatoms. The standard InChI is InChI=1S/C17H23NO/c1-2-3-4-5-6-11-17(19)16-13-18-12-14-9-7-8-10-15(14)16/h7-10,12-13,17,19H,2-6,11H2,1H3. The van der Waals surface area contributed by atoms with Crippen molar-refractivity contribution in [1.82, 2.24) is 4.98 Å². The maximum atomic E-state index is 10.3. The number of nitrogens with zero attached hydrogens (tertiary/aromatic N) is 1. The number of hydrogen-bond acceptors (Lipinski definition) is 2. The molecule has 0 aliphatic rings. The van der Waals surface area contributed by atoms with Gasteiger partial charge >= 0.3 is 0 Å². The highest BCUT2D eigenvalue weighted by molar-refractivity contribution is 5.84. The molecule has 0 fully saturated rings. The van der Waals surface area contributed by atoms with Gasteiger partial charge in [0.25, 0.3) is 0 Å². The van der Waals surface area contributed by atoms with Crippen molar-refractivity contribution in [2.45, 2.75) is 51.6 Å². The zero-order valence-corrected chi connectivity index (χ0v) is 11.7. The minimum atomic E-state index is -0.389. The molecule has 1 unspecified atom stereocenters. The van der Waals surface area contributed by atoms with E-state index in [2.05, 4.69) is 18.0 Å². The third kappa shape index (κ3) is 3.77. The molecule has 0 saturated heterocycles. The van der Waals surface area contributed by atoms with Gasteiger partial charge in [0.2, 0.25) is 0 Å². The fourth-order valence-corrected chi connectivity index (χ4v) is 2.50. The van der Waals surface area contributed by atoms with E-state index in [9.17, 15) is 5.11 Å². The SMILES string of the molecule is CCCCCCCC(O)c1cncc2ccccc12. The summed E-state index contributed by atoms with van der Waals surface area (Å²) in [5, 5.41) is 12.6. The normalized spacial score (nSPS) is 12.7. The summed E-state index contributed by atoms with van der Waals surface area (Å²) in [5.74, 6) is 0. The third-order valence-corrected chi connectivity index (χ3v) is 3.64. The zero-order chi connectivity index (χ0) is 13.5. The monoisotopic (exact) mass is 257 g/mol. The Bertz CT molecular complexity index is 504. The number of aliphatic hydroxyl groups is 1. The van der Waals surface area contributed by atoms with E-state index in [0.29, 0.717) is 0 Å². The number of unbranched alkanes of at least 4 members (excludes halogenated alkanes) is 4. The lowest BCUT2D eigenvalue weighted by molar-refractivity contribution is 0.164. The average Bonchev–Trinajstić information content (AvgIpc) is 2.46. The van der Waals surface area contributed by atoms with E-state index in [4.69, 9.17) is 0 Å². The minimum Gasteiger partial charge on any atom is -0.388 e. The highest BCUT2D eigenvalue weighted by atomic mass is 16.3. The van der Waals surface area contributed by atoms with Gasteiger partial charge in [-0.2, -0.15) is 0 Å². The Hall–Kier alpha value is -1.41.